The van der Waals surface area contributed by atoms with Crippen molar-refractivity contribution < 1.29 is 4.92 Å². The number of aryl methyl sites for hydroxylation is 1. The van der Waals surface area contributed by atoms with Crippen LogP contribution in [0.2, 0.25) is 0 Å². The maximum Gasteiger partial charge on any atom is 0.314 e. The lowest BCUT2D eigenvalue weighted by atomic mass is 10.1. The van der Waals surface area contributed by atoms with Crippen molar-refractivity contribution in [1.29, 1.82) is 0 Å². The number of aromatic nitrogens is 1. The Bertz CT molecular complexity index is 393. The van der Waals surface area contributed by atoms with E-state index < -0.39 is 0 Å². The number of pyridine rings is 1. The van der Waals surface area contributed by atoms with Gasteiger partial charge >= 0.3 is 5.69 Å². The molecule has 1 aromatic heterocycles. The second kappa shape index (κ2) is 6.18. The van der Waals surface area contributed by atoms with Gasteiger partial charge in [0.15, 0.2) is 0 Å². The summed E-state index contributed by atoms with van der Waals surface area (Å²) in [6, 6.07) is 1.85. The second-order valence-corrected chi connectivity index (χ2v) is 4.27. The zero-order valence-electron chi connectivity index (χ0n) is 10.6. The Labute approximate surface area is 101 Å². The number of hydrogen-bond donors (Lipinski definition) is 1. The molecule has 0 saturated heterocycles. The third kappa shape index (κ3) is 3.69. The average Bonchev–Trinajstić information content (AvgIpc) is 2.25. The Morgan fingerprint density at radius 2 is 2.29 bits per heavy atom. The summed E-state index contributed by atoms with van der Waals surface area (Å²) in [7, 11) is 0. The molecule has 5 nitrogen and oxygen atoms in total. The van der Waals surface area contributed by atoms with E-state index in [0.29, 0.717) is 11.4 Å². The highest BCUT2D eigenvalue weighted by Crippen LogP contribution is 2.26. The van der Waals surface area contributed by atoms with Crippen molar-refractivity contribution in [3.05, 3.63) is 27.9 Å². The smallest absolute Gasteiger partial charge is 0.314 e. The van der Waals surface area contributed by atoms with Crippen LogP contribution < -0.4 is 5.32 Å². The molecule has 0 spiro atoms. The molecule has 0 amide bonds. The van der Waals surface area contributed by atoms with Crippen LogP contribution in [0.15, 0.2) is 12.3 Å². The summed E-state index contributed by atoms with van der Waals surface area (Å²) in [5, 5.41) is 14.1. The van der Waals surface area contributed by atoms with Gasteiger partial charge in [0, 0.05) is 17.8 Å². The van der Waals surface area contributed by atoms with Crippen LogP contribution in [0.1, 0.15) is 38.7 Å². The van der Waals surface area contributed by atoms with Crippen LogP contribution in [-0.4, -0.2) is 15.9 Å². The quantitative estimate of drug-likeness (QED) is 0.609. The first-order valence-corrected chi connectivity index (χ1v) is 5.92. The molecule has 0 aliphatic carbocycles. The summed E-state index contributed by atoms with van der Waals surface area (Å²) >= 11 is 0. The van der Waals surface area contributed by atoms with Gasteiger partial charge in [-0.1, -0.05) is 19.8 Å². The van der Waals surface area contributed by atoms with Gasteiger partial charge in [0.2, 0.25) is 5.82 Å². The predicted octanol–water partition coefficient (Wildman–Crippen LogP) is 3.29. The molecule has 1 rings (SSSR count). The number of unbranched alkanes of at least 4 members (excludes halogenated alkanes) is 1. The molecule has 94 valence electrons. The van der Waals surface area contributed by atoms with E-state index in [0.717, 1.165) is 19.3 Å². The Hall–Kier alpha value is -1.65. The molecule has 0 aliphatic rings. The van der Waals surface area contributed by atoms with Crippen LogP contribution in [0.3, 0.4) is 0 Å². The number of hydrogen-bond acceptors (Lipinski definition) is 4. The van der Waals surface area contributed by atoms with E-state index in [1.54, 1.807) is 19.2 Å². The van der Waals surface area contributed by atoms with Crippen LogP contribution in [0.4, 0.5) is 11.5 Å². The minimum absolute atomic E-state index is 0.0795. The number of nitrogens with zero attached hydrogens (tertiary/aromatic N) is 2. The van der Waals surface area contributed by atoms with E-state index in [4.69, 9.17) is 0 Å². The molecule has 1 atom stereocenters. The molecule has 1 aromatic rings. The molecule has 0 saturated carbocycles. The van der Waals surface area contributed by atoms with Crippen molar-refractivity contribution in [2.24, 2.45) is 0 Å². The van der Waals surface area contributed by atoms with Crippen LogP contribution in [-0.2, 0) is 0 Å². The molecular weight excluding hydrogens is 218 g/mol. The van der Waals surface area contributed by atoms with Gasteiger partial charge in [0.05, 0.1) is 4.92 Å². The highest BCUT2D eigenvalue weighted by atomic mass is 16.6. The van der Waals surface area contributed by atoms with Crippen LogP contribution in [0.5, 0.6) is 0 Å². The monoisotopic (exact) mass is 237 g/mol. The lowest BCUT2D eigenvalue weighted by molar-refractivity contribution is -0.384. The van der Waals surface area contributed by atoms with E-state index in [-0.39, 0.29) is 16.7 Å². The van der Waals surface area contributed by atoms with Crippen molar-refractivity contribution in [3.8, 4) is 0 Å². The molecule has 17 heavy (non-hydrogen) atoms. The second-order valence-electron chi connectivity index (χ2n) is 4.27. The largest absolute Gasteiger partial charge is 0.362 e. The number of nitro groups is 1. The number of nitrogens with one attached hydrogen (secondary N) is 1. The highest BCUT2D eigenvalue weighted by Gasteiger charge is 2.19. The average molecular weight is 237 g/mol. The minimum atomic E-state index is -0.378. The van der Waals surface area contributed by atoms with Crippen molar-refractivity contribution >= 4 is 11.5 Å². The van der Waals surface area contributed by atoms with E-state index in [1.807, 2.05) is 6.92 Å². The number of rotatable bonds is 6. The standard InChI is InChI=1S/C12H19N3O2/c1-4-5-6-10(3)14-12-11(15(16)17)9(2)7-8-13-12/h7-8,10H,4-6H2,1-3H3,(H,13,14). The van der Waals surface area contributed by atoms with Gasteiger partial charge in [-0.3, -0.25) is 10.1 Å². The van der Waals surface area contributed by atoms with Crippen LogP contribution in [0, 0.1) is 17.0 Å². The Kier molecular flexibility index (Phi) is 4.87. The Balaban J connectivity index is 2.83. The summed E-state index contributed by atoms with van der Waals surface area (Å²) in [5.41, 5.74) is 0.714. The first kappa shape index (κ1) is 13.4. The van der Waals surface area contributed by atoms with Crippen molar-refractivity contribution in [1.82, 2.24) is 4.98 Å². The summed E-state index contributed by atoms with van der Waals surface area (Å²) < 4.78 is 0. The predicted molar refractivity (Wildman–Crippen MR) is 68.2 cm³/mol. The van der Waals surface area contributed by atoms with Gasteiger partial charge in [-0.25, -0.2) is 4.98 Å². The minimum Gasteiger partial charge on any atom is -0.362 e. The van der Waals surface area contributed by atoms with Gasteiger partial charge < -0.3 is 5.32 Å². The first-order valence-electron chi connectivity index (χ1n) is 5.92. The lowest BCUT2D eigenvalue weighted by Gasteiger charge is -2.14. The summed E-state index contributed by atoms with van der Waals surface area (Å²) in [6.07, 6.45) is 4.81. The maximum atomic E-state index is 11.0. The fourth-order valence-electron chi connectivity index (χ4n) is 1.70. The maximum absolute atomic E-state index is 11.0. The highest BCUT2D eigenvalue weighted by molar-refractivity contribution is 5.60. The summed E-state index contributed by atoms with van der Waals surface area (Å²) in [4.78, 5) is 14.6. The SMILES string of the molecule is CCCCC(C)Nc1nccc(C)c1[N+](=O)[O-]. The number of anilines is 1. The zero-order valence-corrected chi connectivity index (χ0v) is 10.6. The van der Waals surface area contributed by atoms with Crippen LogP contribution in [0.25, 0.3) is 0 Å². The molecule has 5 heteroatoms. The zero-order chi connectivity index (χ0) is 12.8. The normalized spacial score (nSPS) is 12.2. The van der Waals surface area contributed by atoms with Crippen molar-refractivity contribution in [2.75, 3.05) is 5.32 Å². The van der Waals surface area contributed by atoms with Gasteiger partial charge in [0.25, 0.3) is 0 Å². The van der Waals surface area contributed by atoms with E-state index in [9.17, 15) is 10.1 Å². The van der Waals surface area contributed by atoms with Gasteiger partial charge in [-0.15, -0.1) is 0 Å². The topological polar surface area (TPSA) is 68.1 Å². The first-order chi connectivity index (χ1) is 8.06. The van der Waals surface area contributed by atoms with E-state index >= 15 is 0 Å². The Morgan fingerprint density at radius 1 is 1.59 bits per heavy atom. The third-order valence-corrected chi connectivity index (χ3v) is 2.68. The van der Waals surface area contributed by atoms with Crippen molar-refractivity contribution in [2.45, 2.75) is 46.1 Å². The molecule has 1 unspecified atom stereocenters. The fraction of sp³-hybridized carbons (Fsp3) is 0.583. The van der Waals surface area contributed by atoms with Gasteiger partial charge in [-0.05, 0) is 26.3 Å². The molecule has 0 aromatic carbocycles. The molecule has 1 heterocycles. The molecule has 0 aliphatic heterocycles. The lowest BCUT2D eigenvalue weighted by Crippen LogP contribution is -2.17. The fourth-order valence-corrected chi connectivity index (χ4v) is 1.70. The molecule has 0 fully saturated rings. The van der Waals surface area contributed by atoms with E-state index in [2.05, 4.69) is 17.2 Å². The summed E-state index contributed by atoms with van der Waals surface area (Å²) in [5.74, 6) is 0.374. The van der Waals surface area contributed by atoms with Gasteiger partial charge in [-0.2, -0.15) is 0 Å². The third-order valence-electron chi connectivity index (χ3n) is 2.68. The molecule has 1 N–H and O–H groups in total. The molecular formula is C12H19N3O2. The molecule has 0 radical (unpaired) electrons. The molecule has 0 bridgehead atoms. The van der Waals surface area contributed by atoms with E-state index in [1.165, 1.54) is 0 Å². The van der Waals surface area contributed by atoms with Gasteiger partial charge in [0.1, 0.15) is 0 Å². The van der Waals surface area contributed by atoms with Crippen molar-refractivity contribution in [3.63, 3.8) is 0 Å². The van der Waals surface area contributed by atoms with Crippen LogP contribution >= 0.6 is 0 Å². The Morgan fingerprint density at radius 3 is 2.88 bits per heavy atom. The summed E-state index contributed by atoms with van der Waals surface area (Å²) in [6.45, 7) is 5.87.